The normalized spacial score (nSPS) is 11.7. The molecule has 25 heavy (non-hydrogen) atoms. The third-order valence-corrected chi connectivity index (χ3v) is 6.95. The summed E-state index contributed by atoms with van der Waals surface area (Å²) in [6, 6.07) is 6.22. The van der Waals surface area contributed by atoms with E-state index in [0.717, 1.165) is 19.3 Å². The molecule has 0 amide bonds. The lowest BCUT2D eigenvalue weighted by atomic mass is 10.6. The van der Waals surface area contributed by atoms with Gasteiger partial charge in [0, 0.05) is 35.4 Å². The summed E-state index contributed by atoms with van der Waals surface area (Å²) >= 11 is 8.53. The maximum absolute atomic E-state index is 5.38. The molecule has 0 spiro atoms. The molecule has 0 saturated heterocycles. The molecule has 0 aromatic carbocycles. The van der Waals surface area contributed by atoms with Crippen molar-refractivity contribution in [3.05, 3.63) is 16.7 Å². The van der Waals surface area contributed by atoms with Gasteiger partial charge >= 0.3 is 0 Å². The van der Waals surface area contributed by atoms with E-state index >= 15 is 0 Å². The van der Waals surface area contributed by atoms with Crippen LogP contribution in [0.3, 0.4) is 0 Å². The number of aromatic nitrogens is 2. The van der Waals surface area contributed by atoms with E-state index in [9.17, 15) is 0 Å². The number of rotatable bonds is 10. The smallest absolute Gasteiger partial charge is 0.235 e. The van der Waals surface area contributed by atoms with Crippen LogP contribution < -0.4 is 4.74 Å². The molecule has 5 nitrogen and oxygen atoms in total. The Morgan fingerprint density at radius 1 is 0.920 bits per heavy atom. The lowest BCUT2D eigenvalue weighted by Gasteiger charge is -2.15. The molecule has 0 aliphatic carbocycles. The summed E-state index contributed by atoms with van der Waals surface area (Å²) < 4.78 is 16.4. The standard InChI is InChI=1S/C10H17BrN2O2Si.C6H15ClOSi/c1-16(2,3)7-6-14-8-15-10-5-4-9(11)12-13-10;1-9(2,3)5-4-8-6-7/h4-5H,6-8H2,1-3H3;4-6H2,1-3H3. The van der Waals surface area contributed by atoms with E-state index in [-0.39, 0.29) is 6.79 Å². The lowest BCUT2D eigenvalue weighted by molar-refractivity contribution is 0.0187. The molecule has 146 valence electrons. The first-order valence-electron chi connectivity index (χ1n) is 8.37. The Labute approximate surface area is 167 Å². The Morgan fingerprint density at radius 2 is 1.48 bits per heavy atom. The Balaban J connectivity index is 0.000000547. The molecular formula is C16H32BrClN2O3Si2. The summed E-state index contributed by atoms with van der Waals surface area (Å²) in [5, 5.41) is 7.64. The minimum absolute atomic E-state index is 0.237. The Bertz CT molecular complexity index is 454. The van der Waals surface area contributed by atoms with Crippen LogP contribution in [0.25, 0.3) is 0 Å². The monoisotopic (exact) mass is 470 g/mol. The second kappa shape index (κ2) is 13.2. The van der Waals surface area contributed by atoms with Gasteiger partial charge in [-0.25, -0.2) is 0 Å². The highest BCUT2D eigenvalue weighted by atomic mass is 79.9. The number of hydrogen-bond donors (Lipinski definition) is 0. The molecule has 0 atom stereocenters. The summed E-state index contributed by atoms with van der Waals surface area (Å²) in [7, 11) is -1.89. The average molecular weight is 472 g/mol. The summed E-state index contributed by atoms with van der Waals surface area (Å²) in [5.74, 6) is 0.483. The Kier molecular flexibility index (Phi) is 13.2. The molecule has 0 saturated carbocycles. The first kappa shape index (κ1) is 25.0. The van der Waals surface area contributed by atoms with Crippen LogP contribution >= 0.6 is 27.5 Å². The second-order valence-corrected chi connectivity index (χ2v) is 20.3. The van der Waals surface area contributed by atoms with Gasteiger partial charge in [-0.3, -0.25) is 0 Å². The zero-order chi connectivity index (χ0) is 19.3. The van der Waals surface area contributed by atoms with Crippen molar-refractivity contribution in [2.45, 2.75) is 51.4 Å². The van der Waals surface area contributed by atoms with E-state index in [2.05, 4.69) is 65.4 Å². The van der Waals surface area contributed by atoms with Crippen molar-refractivity contribution >= 4 is 43.7 Å². The van der Waals surface area contributed by atoms with Gasteiger partial charge in [0.2, 0.25) is 5.88 Å². The van der Waals surface area contributed by atoms with E-state index in [4.69, 9.17) is 25.8 Å². The lowest BCUT2D eigenvalue weighted by Crippen LogP contribution is -2.22. The molecule has 9 heteroatoms. The molecule has 0 unspecified atom stereocenters. The van der Waals surface area contributed by atoms with Gasteiger partial charge in [0.25, 0.3) is 0 Å². The summed E-state index contributed by atoms with van der Waals surface area (Å²) in [6.07, 6.45) is 0. The van der Waals surface area contributed by atoms with Gasteiger partial charge in [-0.15, -0.1) is 10.2 Å². The quantitative estimate of drug-likeness (QED) is 0.196. The number of hydrogen-bond acceptors (Lipinski definition) is 5. The number of ether oxygens (including phenoxy) is 3. The molecule has 1 heterocycles. The van der Waals surface area contributed by atoms with E-state index in [1.54, 1.807) is 12.1 Å². The molecule has 1 aromatic rings. The van der Waals surface area contributed by atoms with Crippen molar-refractivity contribution in [1.82, 2.24) is 10.2 Å². The van der Waals surface area contributed by atoms with Crippen LogP contribution in [-0.2, 0) is 9.47 Å². The van der Waals surface area contributed by atoms with E-state index in [1.807, 2.05) is 0 Å². The SMILES string of the molecule is C[Si](C)(C)CCOCCl.C[Si](C)(C)CCOCOc1ccc(Br)nn1. The van der Waals surface area contributed by atoms with Crippen molar-refractivity contribution in [2.24, 2.45) is 0 Å². The number of nitrogens with zero attached hydrogens (tertiary/aromatic N) is 2. The predicted octanol–water partition coefficient (Wildman–Crippen LogP) is 5.47. The summed E-state index contributed by atoms with van der Waals surface area (Å²) in [6.45, 7) is 15.7. The van der Waals surface area contributed by atoms with Gasteiger partial charge < -0.3 is 14.2 Å². The fourth-order valence-corrected chi connectivity index (χ4v) is 3.19. The van der Waals surface area contributed by atoms with Gasteiger partial charge in [0.1, 0.15) is 10.7 Å². The highest BCUT2D eigenvalue weighted by Crippen LogP contribution is 2.10. The molecule has 1 rings (SSSR count). The largest absolute Gasteiger partial charge is 0.449 e. The molecular weight excluding hydrogens is 440 g/mol. The van der Waals surface area contributed by atoms with Crippen molar-refractivity contribution in [3.63, 3.8) is 0 Å². The average Bonchev–Trinajstić information content (AvgIpc) is 2.47. The zero-order valence-corrected chi connectivity index (χ0v) is 20.6. The number of alkyl halides is 1. The van der Waals surface area contributed by atoms with Crippen molar-refractivity contribution in [2.75, 3.05) is 26.1 Å². The van der Waals surface area contributed by atoms with Gasteiger partial charge in [-0.1, -0.05) is 50.9 Å². The third-order valence-electron chi connectivity index (χ3n) is 2.97. The van der Waals surface area contributed by atoms with E-state index in [0.29, 0.717) is 16.5 Å². The zero-order valence-electron chi connectivity index (χ0n) is 16.3. The van der Waals surface area contributed by atoms with Gasteiger partial charge in [0.15, 0.2) is 6.79 Å². The molecule has 0 bridgehead atoms. The summed E-state index contributed by atoms with van der Waals surface area (Å²) in [5.41, 5.74) is 0. The van der Waals surface area contributed by atoms with Crippen LogP contribution in [0, 0.1) is 0 Å². The summed E-state index contributed by atoms with van der Waals surface area (Å²) in [4.78, 5) is 0. The topological polar surface area (TPSA) is 53.5 Å². The molecule has 1 aromatic heterocycles. The van der Waals surface area contributed by atoms with Crippen LogP contribution in [-0.4, -0.2) is 52.4 Å². The molecule has 0 N–H and O–H groups in total. The minimum atomic E-state index is -1.01. The third kappa shape index (κ3) is 18.6. The van der Waals surface area contributed by atoms with Crippen LogP contribution in [0.1, 0.15) is 0 Å². The molecule has 0 fully saturated rings. The van der Waals surface area contributed by atoms with Gasteiger partial charge in [-0.2, -0.15) is 0 Å². The van der Waals surface area contributed by atoms with Crippen molar-refractivity contribution in [3.8, 4) is 5.88 Å². The maximum atomic E-state index is 5.38. The highest BCUT2D eigenvalue weighted by Gasteiger charge is 2.12. The van der Waals surface area contributed by atoms with E-state index < -0.39 is 16.1 Å². The van der Waals surface area contributed by atoms with Crippen LogP contribution in [0.2, 0.25) is 51.4 Å². The molecule has 0 radical (unpaired) electrons. The first-order chi connectivity index (χ1) is 11.5. The van der Waals surface area contributed by atoms with E-state index in [1.165, 1.54) is 6.04 Å². The second-order valence-electron chi connectivity index (χ2n) is 8.00. The van der Waals surface area contributed by atoms with Gasteiger partial charge in [-0.05, 0) is 34.1 Å². The van der Waals surface area contributed by atoms with Crippen LogP contribution in [0.4, 0.5) is 0 Å². The molecule has 0 aliphatic heterocycles. The van der Waals surface area contributed by atoms with Crippen molar-refractivity contribution < 1.29 is 14.2 Å². The minimum Gasteiger partial charge on any atom is -0.449 e. The highest BCUT2D eigenvalue weighted by molar-refractivity contribution is 9.10. The van der Waals surface area contributed by atoms with Gasteiger partial charge in [0.05, 0.1) is 0 Å². The first-order valence-corrected chi connectivity index (χ1v) is 17.1. The molecule has 0 aliphatic rings. The fraction of sp³-hybridized carbons (Fsp3) is 0.750. The predicted molar refractivity (Wildman–Crippen MR) is 114 cm³/mol. The maximum Gasteiger partial charge on any atom is 0.235 e. The van der Waals surface area contributed by atoms with Crippen LogP contribution in [0.15, 0.2) is 16.7 Å². The number of halogens is 2. The Morgan fingerprint density at radius 3 is 1.92 bits per heavy atom. The van der Waals surface area contributed by atoms with Crippen LogP contribution in [0.5, 0.6) is 5.88 Å². The van der Waals surface area contributed by atoms with Crippen molar-refractivity contribution in [1.29, 1.82) is 0 Å². The Hall–Kier alpha value is 0.00377. The fourth-order valence-electron chi connectivity index (χ4n) is 1.35.